The van der Waals surface area contributed by atoms with Crippen molar-refractivity contribution in [3.8, 4) is 0 Å². The Hall–Kier alpha value is -1.46. The minimum absolute atomic E-state index is 0.0667. The molecule has 1 fully saturated rings. The first kappa shape index (κ1) is 14.0. The van der Waals surface area contributed by atoms with Gasteiger partial charge in [-0.1, -0.05) is 16.8 Å². The highest BCUT2D eigenvalue weighted by molar-refractivity contribution is 6.31. The van der Waals surface area contributed by atoms with Crippen molar-refractivity contribution >= 4 is 23.1 Å². The summed E-state index contributed by atoms with van der Waals surface area (Å²) in [6, 6.07) is 5.41. The van der Waals surface area contributed by atoms with E-state index < -0.39 is 0 Å². The molecular weight excluding hydrogens is 266 g/mol. The van der Waals surface area contributed by atoms with Crippen LogP contribution >= 0.6 is 11.6 Å². The third kappa shape index (κ3) is 3.11. The molecule has 0 bridgehead atoms. The maximum Gasteiger partial charge on any atom is 0.172 e. The Bertz CT molecular complexity index is 479. The topological polar surface area (TPSA) is 71.1 Å². The van der Waals surface area contributed by atoms with E-state index in [4.69, 9.17) is 27.3 Å². The molecule has 0 spiro atoms. The van der Waals surface area contributed by atoms with Crippen LogP contribution in [-0.4, -0.2) is 37.3 Å². The first-order valence-electron chi connectivity index (χ1n) is 6.21. The number of rotatable bonds is 3. The maximum absolute atomic E-state index is 8.88. The van der Waals surface area contributed by atoms with E-state index >= 15 is 0 Å². The highest BCUT2D eigenvalue weighted by Gasteiger charge is 2.22. The van der Waals surface area contributed by atoms with E-state index in [0.717, 1.165) is 31.6 Å². The second-order valence-electron chi connectivity index (χ2n) is 4.59. The van der Waals surface area contributed by atoms with Crippen molar-refractivity contribution in [3.63, 3.8) is 0 Å². The molecule has 0 saturated carbocycles. The van der Waals surface area contributed by atoms with Gasteiger partial charge in [-0.3, -0.25) is 0 Å². The van der Waals surface area contributed by atoms with Gasteiger partial charge < -0.3 is 20.6 Å². The van der Waals surface area contributed by atoms with E-state index in [2.05, 4.69) is 10.1 Å². The van der Waals surface area contributed by atoms with E-state index in [-0.39, 0.29) is 11.9 Å². The number of nitrogens with zero attached hydrogens (tertiary/aromatic N) is 2. The van der Waals surface area contributed by atoms with Crippen LogP contribution in [-0.2, 0) is 4.74 Å². The molecule has 19 heavy (non-hydrogen) atoms. The van der Waals surface area contributed by atoms with Gasteiger partial charge in [0.2, 0.25) is 0 Å². The van der Waals surface area contributed by atoms with E-state index in [1.54, 1.807) is 13.2 Å². The molecule has 2 rings (SSSR count). The summed E-state index contributed by atoms with van der Waals surface area (Å²) in [5.74, 6) is 0.0667. The molecule has 1 aliphatic heterocycles. The van der Waals surface area contributed by atoms with E-state index in [1.807, 2.05) is 12.1 Å². The third-order valence-corrected chi connectivity index (χ3v) is 3.63. The van der Waals surface area contributed by atoms with Gasteiger partial charge in [0.25, 0.3) is 0 Å². The molecular formula is C13H18ClN3O2. The van der Waals surface area contributed by atoms with Gasteiger partial charge in [-0.2, -0.15) is 0 Å². The lowest BCUT2D eigenvalue weighted by atomic mass is 10.0. The number of amidine groups is 1. The van der Waals surface area contributed by atoms with Gasteiger partial charge in [0.05, 0.1) is 6.10 Å². The molecule has 1 unspecified atom stereocenters. The van der Waals surface area contributed by atoms with Gasteiger partial charge in [0.1, 0.15) is 0 Å². The SMILES string of the molecule is COC1CCCN(c2ccc(Cl)cc2/C(N)=N/O)C1. The standard InChI is InChI=1S/C13H18ClN3O2/c1-19-10-3-2-6-17(8-10)12-5-4-9(14)7-11(12)13(15)16-18/h4-5,7,10,18H,2-3,6,8H2,1H3,(H2,15,16). The van der Waals surface area contributed by atoms with E-state index in [0.29, 0.717) is 10.6 Å². The highest BCUT2D eigenvalue weighted by atomic mass is 35.5. The van der Waals surface area contributed by atoms with Crippen molar-refractivity contribution in [2.75, 3.05) is 25.1 Å². The number of hydrogen-bond acceptors (Lipinski definition) is 4. The van der Waals surface area contributed by atoms with Crippen molar-refractivity contribution in [1.29, 1.82) is 0 Å². The normalized spacial score (nSPS) is 20.6. The average Bonchev–Trinajstić information content (AvgIpc) is 2.46. The molecule has 1 aromatic rings. The summed E-state index contributed by atoms with van der Waals surface area (Å²) in [7, 11) is 1.72. The zero-order valence-electron chi connectivity index (χ0n) is 10.8. The Morgan fingerprint density at radius 2 is 2.37 bits per heavy atom. The van der Waals surface area contributed by atoms with Crippen LogP contribution in [0.25, 0.3) is 0 Å². The number of oxime groups is 1. The minimum atomic E-state index is 0.0667. The van der Waals surface area contributed by atoms with Gasteiger partial charge >= 0.3 is 0 Å². The summed E-state index contributed by atoms with van der Waals surface area (Å²) in [4.78, 5) is 2.18. The second kappa shape index (κ2) is 6.12. The average molecular weight is 284 g/mol. The van der Waals surface area contributed by atoms with Crippen LogP contribution in [0.1, 0.15) is 18.4 Å². The predicted octanol–water partition coefficient (Wildman–Crippen LogP) is 2.05. The summed E-state index contributed by atoms with van der Waals surface area (Å²) in [6.45, 7) is 1.72. The van der Waals surface area contributed by atoms with Crippen molar-refractivity contribution in [2.24, 2.45) is 10.9 Å². The summed E-state index contributed by atoms with van der Waals surface area (Å²) in [6.07, 6.45) is 2.32. The second-order valence-corrected chi connectivity index (χ2v) is 5.03. The molecule has 1 saturated heterocycles. The van der Waals surface area contributed by atoms with Crippen LogP contribution < -0.4 is 10.6 Å². The molecule has 0 amide bonds. The lowest BCUT2D eigenvalue weighted by Crippen LogP contribution is -2.40. The van der Waals surface area contributed by atoms with Gasteiger partial charge in [0, 0.05) is 36.5 Å². The number of anilines is 1. The lowest BCUT2D eigenvalue weighted by molar-refractivity contribution is 0.0893. The largest absolute Gasteiger partial charge is 0.409 e. The zero-order valence-corrected chi connectivity index (χ0v) is 11.6. The molecule has 104 valence electrons. The summed E-state index contributed by atoms with van der Waals surface area (Å²) < 4.78 is 5.41. The number of methoxy groups -OCH3 is 1. The number of nitrogens with two attached hydrogens (primary N) is 1. The molecule has 1 aromatic carbocycles. The number of ether oxygens (including phenoxy) is 1. The monoisotopic (exact) mass is 283 g/mol. The Morgan fingerprint density at radius 3 is 3.05 bits per heavy atom. The predicted molar refractivity (Wildman–Crippen MR) is 76.2 cm³/mol. The molecule has 0 aromatic heterocycles. The van der Waals surface area contributed by atoms with Gasteiger partial charge in [-0.15, -0.1) is 0 Å². The van der Waals surface area contributed by atoms with Crippen molar-refractivity contribution in [2.45, 2.75) is 18.9 Å². The van der Waals surface area contributed by atoms with Gasteiger partial charge in [-0.25, -0.2) is 0 Å². The first-order valence-corrected chi connectivity index (χ1v) is 6.58. The first-order chi connectivity index (χ1) is 9.15. The summed E-state index contributed by atoms with van der Waals surface area (Å²) in [5.41, 5.74) is 7.28. The Labute approximate surface area is 117 Å². The fourth-order valence-electron chi connectivity index (χ4n) is 2.39. The highest BCUT2D eigenvalue weighted by Crippen LogP contribution is 2.27. The molecule has 0 radical (unpaired) electrons. The third-order valence-electron chi connectivity index (χ3n) is 3.39. The maximum atomic E-state index is 8.88. The lowest BCUT2D eigenvalue weighted by Gasteiger charge is -2.34. The van der Waals surface area contributed by atoms with Crippen molar-refractivity contribution < 1.29 is 9.94 Å². The van der Waals surface area contributed by atoms with Crippen LogP contribution in [0.15, 0.2) is 23.4 Å². The van der Waals surface area contributed by atoms with Crippen LogP contribution in [0.5, 0.6) is 0 Å². The minimum Gasteiger partial charge on any atom is -0.409 e. The van der Waals surface area contributed by atoms with Crippen LogP contribution in [0.3, 0.4) is 0 Å². The van der Waals surface area contributed by atoms with Crippen LogP contribution in [0, 0.1) is 0 Å². The zero-order chi connectivity index (χ0) is 13.8. The van der Waals surface area contributed by atoms with Crippen molar-refractivity contribution in [3.05, 3.63) is 28.8 Å². The van der Waals surface area contributed by atoms with Gasteiger partial charge in [0.15, 0.2) is 5.84 Å². The molecule has 3 N–H and O–H groups in total. The summed E-state index contributed by atoms with van der Waals surface area (Å²) in [5, 5.41) is 12.5. The van der Waals surface area contributed by atoms with Crippen LogP contribution in [0.2, 0.25) is 5.02 Å². The van der Waals surface area contributed by atoms with Crippen LogP contribution in [0.4, 0.5) is 5.69 Å². The Kier molecular flexibility index (Phi) is 4.50. The number of halogens is 1. The Balaban J connectivity index is 2.33. The number of benzene rings is 1. The molecule has 6 heteroatoms. The fraction of sp³-hybridized carbons (Fsp3) is 0.462. The summed E-state index contributed by atoms with van der Waals surface area (Å²) >= 11 is 5.98. The molecule has 5 nitrogen and oxygen atoms in total. The van der Waals surface area contributed by atoms with E-state index in [9.17, 15) is 0 Å². The molecule has 1 aliphatic rings. The molecule has 1 atom stereocenters. The number of piperidine rings is 1. The molecule has 1 heterocycles. The smallest absolute Gasteiger partial charge is 0.172 e. The van der Waals surface area contributed by atoms with Crippen molar-refractivity contribution in [1.82, 2.24) is 0 Å². The number of hydrogen-bond donors (Lipinski definition) is 2. The van der Waals surface area contributed by atoms with E-state index in [1.165, 1.54) is 0 Å². The quantitative estimate of drug-likeness (QED) is 0.385. The molecule has 0 aliphatic carbocycles. The Morgan fingerprint density at radius 1 is 1.58 bits per heavy atom. The fourth-order valence-corrected chi connectivity index (χ4v) is 2.56. The van der Waals surface area contributed by atoms with Gasteiger partial charge in [-0.05, 0) is 31.0 Å².